The van der Waals surface area contributed by atoms with E-state index in [2.05, 4.69) is 12.2 Å². The third-order valence-electron chi connectivity index (χ3n) is 2.16. The molecule has 0 bridgehead atoms. The standard InChI is InChI=1S/C9H17NO2/c1-3-12-6-9(11)10-7(2)8-4-5-8/h7-8H,3-6H2,1-2H3,(H,10,11). The Bertz CT molecular complexity index is 155. The second-order valence-corrected chi connectivity index (χ2v) is 3.33. The molecule has 3 heteroatoms. The maximum Gasteiger partial charge on any atom is 0.246 e. The van der Waals surface area contributed by atoms with Gasteiger partial charge in [0.1, 0.15) is 6.61 Å². The average Bonchev–Trinajstić information content (AvgIpc) is 2.82. The van der Waals surface area contributed by atoms with Crippen molar-refractivity contribution in [2.75, 3.05) is 13.2 Å². The number of rotatable bonds is 5. The van der Waals surface area contributed by atoms with E-state index in [1.807, 2.05) is 6.92 Å². The molecule has 1 aliphatic rings. The summed E-state index contributed by atoms with van der Waals surface area (Å²) in [7, 11) is 0. The SMILES string of the molecule is CCOCC(=O)NC(C)C1CC1. The molecule has 0 radical (unpaired) electrons. The molecule has 0 aliphatic heterocycles. The smallest absolute Gasteiger partial charge is 0.246 e. The fraction of sp³-hybridized carbons (Fsp3) is 0.889. The van der Waals surface area contributed by atoms with Crippen molar-refractivity contribution >= 4 is 5.91 Å². The molecule has 1 fully saturated rings. The van der Waals surface area contributed by atoms with Crippen LogP contribution < -0.4 is 5.32 Å². The summed E-state index contributed by atoms with van der Waals surface area (Å²) in [6.45, 7) is 4.75. The summed E-state index contributed by atoms with van der Waals surface area (Å²) in [5, 5.41) is 2.91. The predicted octanol–water partition coefficient (Wildman–Crippen LogP) is 0.938. The summed E-state index contributed by atoms with van der Waals surface area (Å²) >= 11 is 0. The Morgan fingerprint density at radius 2 is 2.33 bits per heavy atom. The zero-order valence-corrected chi connectivity index (χ0v) is 7.80. The van der Waals surface area contributed by atoms with Crippen LogP contribution in [0.5, 0.6) is 0 Å². The zero-order chi connectivity index (χ0) is 8.97. The van der Waals surface area contributed by atoms with Gasteiger partial charge >= 0.3 is 0 Å². The van der Waals surface area contributed by atoms with Crippen LogP contribution in [0, 0.1) is 5.92 Å². The van der Waals surface area contributed by atoms with Crippen molar-refractivity contribution in [3.05, 3.63) is 0 Å². The van der Waals surface area contributed by atoms with Crippen molar-refractivity contribution in [3.8, 4) is 0 Å². The van der Waals surface area contributed by atoms with E-state index in [9.17, 15) is 4.79 Å². The Kier molecular flexibility index (Phi) is 3.53. The van der Waals surface area contributed by atoms with Crippen molar-refractivity contribution in [2.24, 2.45) is 5.92 Å². The van der Waals surface area contributed by atoms with Crippen LogP contribution in [-0.4, -0.2) is 25.2 Å². The molecule has 70 valence electrons. The van der Waals surface area contributed by atoms with Crippen molar-refractivity contribution in [1.29, 1.82) is 0 Å². The highest BCUT2D eigenvalue weighted by Crippen LogP contribution is 2.32. The van der Waals surface area contributed by atoms with Crippen LogP contribution in [0.3, 0.4) is 0 Å². The van der Waals surface area contributed by atoms with E-state index in [0.717, 1.165) is 5.92 Å². The van der Waals surface area contributed by atoms with Gasteiger partial charge in [-0.2, -0.15) is 0 Å². The summed E-state index contributed by atoms with van der Waals surface area (Å²) in [4.78, 5) is 11.1. The van der Waals surface area contributed by atoms with Crippen molar-refractivity contribution < 1.29 is 9.53 Å². The van der Waals surface area contributed by atoms with Gasteiger partial charge in [0.15, 0.2) is 0 Å². The maximum absolute atomic E-state index is 11.1. The third kappa shape index (κ3) is 3.22. The summed E-state index contributed by atoms with van der Waals surface area (Å²) in [6, 6.07) is 0.331. The third-order valence-corrected chi connectivity index (χ3v) is 2.16. The highest BCUT2D eigenvalue weighted by molar-refractivity contribution is 5.77. The van der Waals surface area contributed by atoms with Gasteiger partial charge in [-0.1, -0.05) is 0 Å². The minimum absolute atomic E-state index is 0.0104. The van der Waals surface area contributed by atoms with E-state index in [4.69, 9.17) is 4.74 Å². The Hall–Kier alpha value is -0.570. The molecular weight excluding hydrogens is 154 g/mol. The molecule has 1 saturated carbocycles. The number of carbonyl (C=O) groups excluding carboxylic acids is 1. The molecule has 1 rings (SSSR count). The van der Waals surface area contributed by atoms with Crippen LogP contribution in [0.4, 0.5) is 0 Å². The summed E-state index contributed by atoms with van der Waals surface area (Å²) in [5.41, 5.74) is 0. The molecule has 1 N–H and O–H groups in total. The van der Waals surface area contributed by atoms with Crippen LogP contribution >= 0.6 is 0 Å². The zero-order valence-electron chi connectivity index (χ0n) is 7.80. The van der Waals surface area contributed by atoms with Gasteiger partial charge in [0, 0.05) is 12.6 Å². The van der Waals surface area contributed by atoms with E-state index >= 15 is 0 Å². The summed E-state index contributed by atoms with van der Waals surface area (Å²) in [6.07, 6.45) is 2.52. The van der Waals surface area contributed by atoms with Crippen molar-refractivity contribution in [2.45, 2.75) is 32.7 Å². The molecule has 12 heavy (non-hydrogen) atoms. The number of hydrogen-bond donors (Lipinski definition) is 1. The summed E-state index contributed by atoms with van der Waals surface area (Å²) < 4.78 is 4.98. The van der Waals surface area contributed by atoms with Gasteiger partial charge < -0.3 is 10.1 Å². The molecule has 0 heterocycles. The molecule has 0 spiro atoms. The highest BCUT2D eigenvalue weighted by atomic mass is 16.5. The molecular formula is C9H17NO2. The van der Waals surface area contributed by atoms with Crippen LogP contribution in [-0.2, 0) is 9.53 Å². The molecule has 0 aromatic heterocycles. The lowest BCUT2D eigenvalue weighted by Gasteiger charge is -2.12. The quantitative estimate of drug-likeness (QED) is 0.668. The fourth-order valence-corrected chi connectivity index (χ4v) is 1.20. The minimum Gasteiger partial charge on any atom is -0.372 e. The largest absolute Gasteiger partial charge is 0.372 e. The van der Waals surface area contributed by atoms with Crippen molar-refractivity contribution in [1.82, 2.24) is 5.32 Å². The summed E-state index contributed by atoms with van der Waals surface area (Å²) in [5.74, 6) is 0.729. The molecule has 0 saturated heterocycles. The molecule has 0 aromatic rings. The first-order chi connectivity index (χ1) is 5.74. The Morgan fingerprint density at radius 1 is 1.67 bits per heavy atom. The first-order valence-corrected chi connectivity index (χ1v) is 4.61. The van der Waals surface area contributed by atoms with Gasteiger partial charge in [0.2, 0.25) is 5.91 Å². The first kappa shape index (κ1) is 9.52. The predicted molar refractivity (Wildman–Crippen MR) is 46.8 cm³/mol. The van der Waals surface area contributed by atoms with Gasteiger partial charge in [-0.25, -0.2) is 0 Å². The molecule has 1 atom stereocenters. The minimum atomic E-state index is 0.0104. The van der Waals surface area contributed by atoms with Gasteiger partial charge in [0.05, 0.1) is 0 Å². The topological polar surface area (TPSA) is 38.3 Å². The average molecular weight is 171 g/mol. The molecule has 0 aromatic carbocycles. The second kappa shape index (κ2) is 4.45. The first-order valence-electron chi connectivity index (χ1n) is 4.61. The molecule has 3 nitrogen and oxygen atoms in total. The lowest BCUT2D eigenvalue weighted by Crippen LogP contribution is -2.36. The van der Waals surface area contributed by atoms with E-state index in [1.54, 1.807) is 0 Å². The van der Waals surface area contributed by atoms with E-state index in [-0.39, 0.29) is 12.5 Å². The van der Waals surface area contributed by atoms with Crippen LogP contribution in [0.1, 0.15) is 26.7 Å². The molecule has 1 amide bonds. The lowest BCUT2D eigenvalue weighted by atomic mass is 10.2. The van der Waals surface area contributed by atoms with Gasteiger partial charge in [-0.15, -0.1) is 0 Å². The molecule has 1 aliphatic carbocycles. The van der Waals surface area contributed by atoms with Crippen molar-refractivity contribution in [3.63, 3.8) is 0 Å². The van der Waals surface area contributed by atoms with Crippen LogP contribution in [0.15, 0.2) is 0 Å². The number of amides is 1. The normalized spacial score (nSPS) is 18.8. The lowest BCUT2D eigenvalue weighted by molar-refractivity contribution is -0.126. The van der Waals surface area contributed by atoms with Crippen LogP contribution in [0.25, 0.3) is 0 Å². The van der Waals surface area contributed by atoms with Gasteiger partial charge in [0.25, 0.3) is 0 Å². The van der Waals surface area contributed by atoms with E-state index in [0.29, 0.717) is 12.6 Å². The number of ether oxygens (including phenoxy) is 1. The number of carbonyl (C=O) groups is 1. The maximum atomic E-state index is 11.1. The Morgan fingerprint density at radius 3 is 2.83 bits per heavy atom. The highest BCUT2D eigenvalue weighted by Gasteiger charge is 2.28. The Labute approximate surface area is 73.5 Å². The second-order valence-electron chi connectivity index (χ2n) is 3.33. The fourth-order valence-electron chi connectivity index (χ4n) is 1.20. The number of hydrogen-bond acceptors (Lipinski definition) is 2. The molecule has 1 unspecified atom stereocenters. The number of nitrogens with one attached hydrogen (secondary N) is 1. The van der Waals surface area contributed by atoms with Gasteiger partial charge in [-0.3, -0.25) is 4.79 Å². The van der Waals surface area contributed by atoms with E-state index < -0.39 is 0 Å². The van der Waals surface area contributed by atoms with Gasteiger partial charge in [-0.05, 0) is 32.6 Å². The van der Waals surface area contributed by atoms with Crippen LogP contribution in [0.2, 0.25) is 0 Å². The van der Waals surface area contributed by atoms with E-state index in [1.165, 1.54) is 12.8 Å². The Balaban J connectivity index is 2.07. The monoisotopic (exact) mass is 171 g/mol.